The minimum Gasteiger partial charge on any atom is -0.334 e. The SMILES string of the molecule is Cc1cc(-c2ccc(F)cc2)cc([C@@H]2CCCCN2C(=O)[C@H](C)Cn2ccc(C)n2)n1. The van der Waals surface area contributed by atoms with E-state index in [9.17, 15) is 9.18 Å². The summed E-state index contributed by atoms with van der Waals surface area (Å²) in [6, 6.07) is 12.5. The molecule has 0 radical (unpaired) electrons. The smallest absolute Gasteiger partial charge is 0.227 e. The molecule has 5 nitrogen and oxygen atoms in total. The number of nitrogens with zero attached hydrogens (tertiary/aromatic N) is 4. The van der Waals surface area contributed by atoms with E-state index in [1.807, 2.05) is 48.7 Å². The number of hydrogen-bond donors (Lipinski definition) is 0. The monoisotopic (exact) mass is 420 g/mol. The van der Waals surface area contributed by atoms with E-state index in [1.165, 1.54) is 12.1 Å². The number of halogens is 1. The van der Waals surface area contributed by atoms with Crippen molar-refractivity contribution in [2.75, 3.05) is 6.54 Å². The van der Waals surface area contributed by atoms with Crippen molar-refractivity contribution >= 4 is 5.91 Å². The van der Waals surface area contributed by atoms with Crippen LogP contribution in [0.3, 0.4) is 0 Å². The first-order chi connectivity index (χ1) is 14.9. The average molecular weight is 421 g/mol. The lowest BCUT2D eigenvalue weighted by molar-refractivity contribution is -0.139. The van der Waals surface area contributed by atoms with Gasteiger partial charge in [0.2, 0.25) is 5.91 Å². The second kappa shape index (κ2) is 9.00. The maximum atomic E-state index is 13.4. The van der Waals surface area contributed by atoms with Gasteiger partial charge in [-0.05, 0) is 74.6 Å². The molecule has 1 aliphatic heterocycles. The minimum atomic E-state index is -0.250. The van der Waals surface area contributed by atoms with Gasteiger partial charge in [0.25, 0.3) is 0 Å². The summed E-state index contributed by atoms with van der Waals surface area (Å²) >= 11 is 0. The summed E-state index contributed by atoms with van der Waals surface area (Å²) in [5.41, 5.74) is 4.71. The quantitative estimate of drug-likeness (QED) is 0.578. The zero-order valence-electron chi connectivity index (χ0n) is 18.4. The molecule has 0 spiro atoms. The maximum absolute atomic E-state index is 13.4. The average Bonchev–Trinajstić information content (AvgIpc) is 3.17. The molecule has 2 aromatic heterocycles. The van der Waals surface area contributed by atoms with E-state index in [-0.39, 0.29) is 23.7 Å². The minimum absolute atomic E-state index is 0.0397. The lowest BCUT2D eigenvalue weighted by Gasteiger charge is -2.37. The highest BCUT2D eigenvalue weighted by molar-refractivity contribution is 5.79. The molecule has 0 N–H and O–H groups in total. The highest BCUT2D eigenvalue weighted by Gasteiger charge is 2.32. The van der Waals surface area contributed by atoms with Crippen LogP contribution in [0, 0.1) is 25.6 Å². The molecule has 4 rings (SSSR count). The van der Waals surface area contributed by atoms with Crippen molar-refractivity contribution in [3.8, 4) is 11.1 Å². The number of likely N-dealkylation sites (tertiary alicyclic amines) is 1. The maximum Gasteiger partial charge on any atom is 0.227 e. The van der Waals surface area contributed by atoms with E-state index in [2.05, 4.69) is 11.2 Å². The Balaban J connectivity index is 1.59. The van der Waals surface area contributed by atoms with Crippen LogP contribution in [0.25, 0.3) is 11.1 Å². The lowest BCUT2D eigenvalue weighted by atomic mass is 9.94. The van der Waals surface area contributed by atoms with E-state index in [1.54, 1.807) is 12.1 Å². The third-order valence-electron chi connectivity index (χ3n) is 5.93. The molecule has 0 saturated carbocycles. The number of hydrogen-bond acceptors (Lipinski definition) is 3. The number of piperidine rings is 1. The third kappa shape index (κ3) is 4.84. The molecular formula is C25H29FN4O. The van der Waals surface area contributed by atoms with Gasteiger partial charge in [-0.25, -0.2) is 4.39 Å². The van der Waals surface area contributed by atoms with Crippen LogP contribution in [-0.4, -0.2) is 32.1 Å². The number of amides is 1. The second-order valence-corrected chi connectivity index (χ2v) is 8.55. The molecule has 2 atom stereocenters. The summed E-state index contributed by atoms with van der Waals surface area (Å²) in [6.07, 6.45) is 4.90. The summed E-state index contributed by atoms with van der Waals surface area (Å²) < 4.78 is 15.2. The van der Waals surface area contributed by atoms with Gasteiger partial charge in [0, 0.05) is 18.4 Å². The van der Waals surface area contributed by atoms with Gasteiger partial charge in [-0.15, -0.1) is 0 Å². The predicted octanol–water partition coefficient (Wildman–Crippen LogP) is 5.09. The number of pyridine rings is 1. The van der Waals surface area contributed by atoms with Gasteiger partial charge in [-0.3, -0.25) is 14.5 Å². The Kier molecular flexibility index (Phi) is 6.16. The van der Waals surface area contributed by atoms with Gasteiger partial charge in [0.1, 0.15) is 5.82 Å². The van der Waals surface area contributed by atoms with Gasteiger partial charge in [0.05, 0.1) is 29.9 Å². The number of carbonyl (C=O) groups is 1. The molecule has 3 aromatic rings. The highest BCUT2D eigenvalue weighted by Crippen LogP contribution is 2.33. The van der Waals surface area contributed by atoms with Crippen molar-refractivity contribution in [1.29, 1.82) is 0 Å². The van der Waals surface area contributed by atoms with Crippen molar-refractivity contribution in [2.24, 2.45) is 5.92 Å². The molecule has 1 amide bonds. The topological polar surface area (TPSA) is 51.0 Å². The van der Waals surface area contributed by atoms with Crippen LogP contribution >= 0.6 is 0 Å². The first-order valence-corrected chi connectivity index (χ1v) is 11.0. The molecule has 162 valence electrons. The lowest BCUT2D eigenvalue weighted by Crippen LogP contribution is -2.42. The van der Waals surface area contributed by atoms with Gasteiger partial charge in [-0.2, -0.15) is 5.10 Å². The van der Waals surface area contributed by atoms with Crippen molar-refractivity contribution in [3.05, 3.63) is 71.6 Å². The van der Waals surface area contributed by atoms with Crippen LogP contribution in [0.5, 0.6) is 0 Å². The highest BCUT2D eigenvalue weighted by atomic mass is 19.1. The van der Waals surface area contributed by atoms with E-state index in [4.69, 9.17) is 4.98 Å². The number of aryl methyl sites for hydroxylation is 2. The number of rotatable bonds is 5. The molecular weight excluding hydrogens is 391 g/mol. The summed E-state index contributed by atoms with van der Waals surface area (Å²) in [6.45, 7) is 7.20. The Morgan fingerprint density at radius 3 is 2.58 bits per heavy atom. The van der Waals surface area contributed by atoms with Crippen molar-refractivity contribution < 1.29 is 9.18 Å². The van der Waals surface area contributed by atoms with Gasteiger partial charge in [0.15, 0.2) is 0 Å². The van der Waals surface area contributed by atoms with Crippen molar-refractivity contribution in [2.45, 2.75) is 52.6 Å². The van der Waals surface area contributed by atoms with Crippen LogP contribution in [0.1, 0.15) is 49.3 Å². The summed E-state index contributed by atoms with van der Waals surface area (Å²) in [7, 11) is 0. The first-order valence-electron chi connectivity index (χ1n) is 11.0. The molecule has 6 heteroatoms. The zero-order valence-corrected chi connectivity index (χ0v) is 18.4. The standard InChI is InChI=1S/C25H29FN4O/c1-17(16-29-13-11-18(2)28-29)25(31)30-12-5-4-6-24(30)23-15-21(14-19(3)27-23)20-7-9-22(26)10-8-20/h7-11,13-15,17,24H,4-6,12,16H2,1-3H3/t17-,24+/m1/s1. The predicted molar refractivity (Wildman–Crippen MR) is 119 cm³/mol. The molecule has 3 heterocycles. The summed E-state index contributed by atoms with van der Waals surface area (Å²) in [4.78, 5) is 20.2. The molecule has 1 aromatic carbocycles. The fourth-order valence-electron chi connectivity index (χ4n) is 4.38. The number of carbonyl (C=O) groups excluding carboxylic acids is 1. The third-order valence-corrected chi connectivity index (χ3v) is 5.93. The second-order valence-electron chi connectivity index (χ2n) is 8.55. The Morgan fingerprint density at radius 1 is 1.10 bits per heavy atom. The summed E-state index contributed by atoms with van der Waals surface area (Å²) in [5.74, 6) is -0.272. The van der Waals surface area contributed by atoms with Gasteiger partial charge >= 0.3 is 0 Å². The van der Waals surface area contributed by atoms with Crippen LogP contribution < -0.4 is 0 Å². The van der Waals surface area contributed by atoms with E-state index in [0.717, 1.165) is 54.0 Å². The molecule has 0 bridgehead atoms. The van der Waals surface area contributed by atoms with E-state index < -0.39 is 0 Å². The number of aromatic nitrogens is 3. The van der Waals surface area contributed by atoms with Gasteiger partial charge in [-0.1, -0.05) is 19.1 Å². The molecule has 0 unspecified atom stereocenters. The number of benzene rings is 1. The summed E-state index contributed by atoms with van der Waals surface area (Å²) in [5, 5.41) is 4.43. The molecule has 31 heavy (non-hydrogen) atoms. The molecule has 1 aliphatic rings. The van der Waals surface area contributed by atoms with Crippen LogP contribution in [0.4, 0.5) is 4.39 Å². The fraction of sp³-hybridized carbons (Fsp3) is 0.400. The molecule has 0 aliphatic carbocycles. The van der Waals surface area contributed by atoms with Crippen molar-refractivity contribution in [1.82, 2.24) is 19.7 Å². The normalized spacial score (nSPS) is 17.5. The van der Waals surface area contributed by atoms with Crippen LogP contribution in [0.15, 0.2) is 48.7 Å². The van der Waals surface area contributed by atoms with E-state index >= 15 is 0 Å². The Hall–Kier alpha value is -3.02. The largest absolute Gasteiger partial charge is 0.334 e. The zero-order chi connectivity index (χ0) is 22.0. The Morgan fingerprint density at radius 2 is 1.87 bits per heavy atom. The Labute approximate surface area is 182 Å². The molecule has 1 fully saturated rings. The van der Waals surface area contributed by atoms with E-state index in [0.29, 0.717) is 6.54 Å². The first kappa shape index (κ1) is 21.2. The fourth-order valence-corrected chi connectivity index (χ4v) is 4.38. The van der Waals surface area contributed by atoms with Crippen LogP contribution in [-0.2, 0) is 11.3 Å². The van der Waals surface area contributed by atoms with Crippen molar-refractivity contribution in [3.63, 3.8) is 0 Å². The van der Waals surface area contributed by atoms with Crippen LogP contribution in [0.2, 0.25) is 0 Å². The Bertz CT molecular complexity index is 1060. The van der Waals surface area contributed by atoms with Gasteiger partial charge < -0.3 is 4.90 Å². The molecule has 1 saturated heterocycles.